The second-order valence-corrected chi connectivity index (χ2v) is 14.4. The summed E-state index contributed by atoms with van der Waals surface area (Å²) in [6.07, 6.45) is 8.85. The van der Waals surface area contributed by atoms with Crippen LogP contribution in [0.4, 0.5) is 5.69 Å². The Morgan fingerprint density at radius 3 is 2.45 bits per heavy atom. The van der Waals surface area contributed by atoms with E-state index in [0.29, 0.717) is 26.2 Å². The summed E-state index contributed by atoms with van der Waals surface area (Å²) in [5.74, 6) is 1.78. The number of ether oxygens (including phenoxy) is 1. The van der Waals surface area contributed by atoms with E-state index >= 15 is 0 Å². The van der Waals surface area contributed by atoms with Crippen LogP contribution in [-0.2, 0) is 14.9 Å². The van der Waals surface area contributed by atoms with Crippen molar-refractivity contribution in [2.45, 2.75) is 76.9 Å². The summed E-state index contributed by atoms with van der Waals surface area (Å²) >= 11 is 1.17. The normalized spacial score (nSPS) is 27.4. The summed E-state index contributed by atoms with van der Waals surface area (Å²) < 4.78 is 7.30. The van der Waals surface area contributed by atoms with E-state index in [4.69, 9.17) is 4.74 Å². The Morgan fingerprint density at radius 2 is 1.82 bits per heavy atom. The summed E-state index contributed by atoms with van der Waals surface area (Å²) in [7, 11) is 0. The fraction of sp³-hybridized carbons (Fsp3) is 0.441. The fourth-order valence-corrected chi connectivity index (χ4v) is 9.63. The molecule has 0 saturated heterocycles. The minimum Gasteiger partial charge on any atom is -0.507 e. The zero-order valence-corrected chi connectivity index (χ0v) is 25.8. The first-order valence-electron chi connectivity index (χ1n) is 15.3. The molecule has 5 aliphatic rings. The van der Waals surface area contributed by atoms with Crippen molar-refractivity contribution in [1.82, 2.24) is 4.57 Å². The van der Waals surface area contributed by atoms with Crippen LogP contribution in [0.25, 0.3) is 6.08 Å². The van der Waals surface area contributed by atoms with E-state index in [-0.39, 0.29) is 22.4 Å². The van der Waals surface area contributed by atoms with Gasteiger partial charge in [0.2, 0.25) is 0 Å². The Bertz CT molecular complexity index is 1880. The highest BCUT2D eigenvalue weighted by Gasteiger charge is 2.51. The maximum Gasteiger partial charge on any atom is 0.338 e. The second kappa shape index (κ2) is 10.5. The Morgan fingerprint density at radius 1 is 1.14 bits per heavy atom. The molecule has 1 N–H and O–H groups in total. The number of rotatable bonds is 6. The predicted molar refractivity (Wildman–Crippen MR) is 166 cm³/mol. The van der Waals surface area contributed by atoms with Gasteiger partial charge in [0.15, 0.2) is 4.80 Å². The number of nitrogens with zero attached hydrogens (tertiary/aromatic N) is 3. The third-order valence-electron chi connectivity index (χ3n) is 9.95. The van der Waals surface area contributed by atoms with Crippen molar-refractivity contribution in [2.75, 3.05) is 0 Å². The molecule has 0 spiro atoms. The van der Waals surface area contributed by atoms with Crippen molar-refractivity contribution in [1.29, 1.82) is 0 Å². The number of carbonyl (C=O) groups is 1. The van der Waals surface area contributed by atoms with Gasteiger partial charge in [-0.05, 0) is 112 Å². The van der Waals surface area contributed by atoms with Gasteiger partial charge in [-0.15, -0.1) is 0 Å². The number of nitro benzene ring substituents is 1. The van der Waals surface area contributed by atoms with Gasteiger partial charge < -0.3 is 9.84 Å². The standard InChI is InChI=1S/C34H35N3O6S/c1-18(2)43-32(40)29-19(3)35-33-36(30(29)23-5-4-6-26(13-23)37(41)42)31(39)28(44-33)14-24-12-25(7-8-27(24)38)34-15-20-9-21(16-34)11-22(10-20)17-34/h4-8,12-14,18,20-22,30,38H,9-11,15-17H2,1-3H3/b28-14+/t20?,21?,22?,30-,34?/m1/s1. The van der Waals surface area contributed by atoms with E-state index in [1.165, 1.54) is 78.2 Å². The topological polar surface area (TPSA) is 124 Å². The Balaban J connectivity index is 1.35. The number of non-ortho nitro benzene ring substituents is 1. The van der Waals surface area contributed by atoms with Crippen LogP contribution in [0.15, 0.2) is 63.5 Å². The molecule has 4 bridgehead atoms. The lowest BCUT2D eigenvalue weighted by molar-refractivity contribution is -0.384. The van der Waals surface area contributed by atoms with Gasteiger partial charge in [0.05, 0.1) is 32.9 Å². The van der Waals surface area contributed by atoms with Crippen molar-refractivity contribution in [3.63, 3.8) is 0 Å². The molecule has 228 valence electrons. The molecule has 4 aliphatic carbocycles. The smallest absolute Gasteiger partial charge is 0.338 e. The number of benzene rings is 2. The molecule has 1 aromatic heterocycles. The fourth-order valence-electron chi connectivity index (χ4n) is 8.59. The maximum absolute atomic E-state index is 14.1. The monoisotopic (exact) mass is 613 g/mol. The Hall–Kier alpha value is -4.05. The summed E-state index contributed by atoms with van der Waals surface area (Å²) in [6, 6.07) is 10.8. The zero-order chi connectivity index (χ0) is 30.9. The van der Waals surface area contributed by atoms with Crippen LogP contribution in [-0.4, -0.2) is 26.7 Å². The van der Waals surface area contributed by atoms with Crippen LogP contribution in [0.2, 0.25) is 0 Å². The number of phenolic OH excluding ortho intramolecular Hbond substituents is 1. The highest BCUT2D eigenvalue weighted by atomic mass is 32.1. The molecule has 8 rings (SSSR count). The zero-order valence-electron chi connectivity index (χ0n) is 25.0. The lowest BCUT2D eigenvalue weighted by Gasteiger charge is -2.57. The number of allylic oxidation sites excluding steroid dienone is 1. The number of aromatic hydroxyl groups is 1. The van der Waals surface area contributed by atoms with Crippen molar-refractivity contribution >= 4 is 29.1 Å². The van der Waals surface area contributed by atoms with E-state index in [9.17, 15) is 24.8 Å². The Labute approximate surface area is 258 Å². The van der Waals surface area contributed by atoms with Crippen LogP contribution in [0.5, 0.6) is 5.75 Å². The molecule has 0 amide bonds. The SMILES string of the molecule is CC1=C(C(=O)OC(C)C)[C@@H](c2cccc([N+](=O)[O-])c2)n2c(s/c(=C/c3cc(C45CC6CC(CC(C6)C4)C5)ccc3O)c2=O)=N1. The molecule has 4 fully saturated rings. The summed E-state index contributed by atoms with van der Waals surface area (Å²) in [6.45, 7) is 5.14. The summed E-state index contributed by atoms with van der Waals surface area (Å²) in [5.41, 5.74) is 2.33. The van der Waals surface area contributed by atoms with Crippen LogP contribution >= 0.6 is 11.3 Å². The van der Waals surface area contributed by atoms with Gasteiger partial charge in [-0.25, -0.2) is 9.79 Å². The predicted octanol–water partition coefficient (Wildman–Crippen LogP) is 5.27. The lowest BCUT2D eigenvalue weighted by atomic mass is 9.48. The number of hydrogen-bond acceptors (Lipinski definition) is 8. The first-order chi connectivity index (χ1) is 21.0. The van der Waals surface area contributed by atoms with Gasteiger partial charge in [-0.1, -0.05) is 29.5 Å². The first kappa shape index (κ1) is 28.7. The van der Waals surface area contributed by atoms with Crippen LogP contribution in [0, 0.1) is 27.9 Å². The average molecular weight is 614 g/mol. The maximum atomic E-state index is 14.1. The third kappa shape index (κ3) is 4.80. The van der Waals surface area contributed by atoms with Crippen LogP contribution in [0.3, 0.4) is 0 Å². The Kier molecular flexibility index (Phi) is 6.88. The third-order valence-corrected chi connectivity index (χ3v) is 10.9. The minimum atomic E-state index is -0.966. The van der Waals surface area contributed by atoms with Crippen molar-refractivity contribution < 1.29 is 19.6 Å². The van der Waals surface area contributed by atoms with Gasteiger partial charge in [0.25, 0.3) is 11.2 Å². The largest absolute Gasteiger partial charge is 0.507 e. The van der Waals surface area contributed by atoms with E-state index in [0.717, 1.165) is 17.8 Å². The molecule has 2 heterocycles. The lowest BCUT2D eigenvalue weighted by Crippen LogP contribution is -2.48. The van der Waals surface area contributed by atoms with Crippen LogP contribution in [0.1, 0.15) is 82.0 Å². The van der Waals surface area contributed by atoms with Gasteiger partial charge >= 0.3 is 5.97 Å². The number of esters is 1. The molecule has 10 heteroatoms. The molecule has 0 radical (unpaired) electrons. The van der Waals surface area contributed by atoms with Crippen molar-refractivity contribution in [3.8, 4) is 5.75 Å². The number of carbonyl (C=O) groups excluding carboxylic acids is 1. The summed E-state index contributed by atoms with van der Waals surface area (Å²) in [4.78, 5) is 43.6. The second-order valence-electron chi connectivity index (χ2n) is 13.4. The van der Waals surface area contributed by atoms with E-state index in [2.05, 4.69) is 17.1 Å². The van der Waals surface area contributed by atoms with Crippen LogP contribution < -0.4 is 14.9 Å². The minimum absolute atomic E-state index is 0.0944. The number of nitro groups is 1. The molecular formula is C34H35N3O6S. The van der Waals surface area contributed by atoms with Gasteiger partial charge in [-0.2, -0.15) is 0 Å². The molecule has 2 aromatic carbocycles. The van der Waals surface area contributed by atoms with Crippen molar-refractivity contribution in [3.05, 3.63) is 100 Å². The molecule has 4 saturated carbocycles. The highest BCUT2D eigenvalue weighted by molar-refractivity contribution is 7.07. The van der Waals surface area contributed by atoms with Gasteiger partial charge in [0.1, 0.15) is 5.75 Å². The molecule has 44 heavy (non-hydrogen) atoms. The van der Waals surface area contributed by atoms with E-state index < -0.39 is 28.6 Å². The van der Waals surface area contributed by atoms with Gasteiger partial charge in [-0.3, -0.25) is 19.5 Å². The average Bonchev–Trinajstić information content (AvgIpc) is 3.26. The molecule has 0 unspecified atom stereocenters. The number of phenols is 1. The van der Waals surface area contributed by atoms with E-state index in [1.807, 2.05) is 0 Å². The number of hydrogen-bond donors (Lipinski definition) is 1. The first-order valence-corrected chi connectivity index (χ1v) is 16.1. The molecule has 1 aliphatic heterocycles. The van der Waals surface area contributed by atoms with E-state index in [1.54, 1.807) is 39.0 Å². The highest BCUT2D eigenvalue weighted by Crippen LogP contribution is 2.60. The number of aromatic nitrogens is 1. The number of thiazole rings is 1. The van der Waals surface area contributed by atoms with Gasteiger partial charge in [0, 0.05) is 17.7 Å². The molecule has 3 aromatic rings. The molecule has 9 nitrogen and oxygen atoms in total. The molecule has 1 atom stereocenters. The number of fused-ring (bicyclic) bond motifs is 1. The quantitative estimate of drug-likeness (QED) is 0.230. The summed E-state index contributed by atoms with van der Waals surface area (Å²) in [5, 5.41) is 22.6. The van der Waals surface area contributed by atoms with Crippen molar-refractivity contribution in [2.24, 2.45) is 22.7 Å². The molecular weight excluding hydrogens is 578 g/mol.